The smallest absolute Gasteiger partial charge is 0.239 e. The van der Waals surface area contributed by atoms with Crippen LogP contribution in [-0.2, 0) is 6.54 Å². The Bertz CT molecular complexity index is 513. The molecule has 0 aliphatic heterocycles. The number of aryl methyl sites for hydroxylation is 1. The minimum Gasteiger partial charge on any atom is -0.365 e. The quantitative estimate of drug-likeness (QED) is 0.597. The number of hydrogen-bond donors (Lipinski definition) is 3. The van der Waals surface area contributed by atoms with Crippen molar-refractivity contribution in [2.75, 3.05) is 10.7 Å². The van der Waals surface area contributed by atoms with Gasteiger partial charge in [0.1, 0.15) is 5.82 Å². The average Bonchev–Trinajstić information content (AvgIpc) is 2.74. The summed E-state index contributed by atoms with van der Waals surface area (Å²) in [6.45, 7) is 2.69. The molecule has 4 N–H and O–H groups in total. The number of rotatable bonds is 4. The molecule has 90 valence electrons. The van der Waals surface area contributed by atoms with Gasteiger partial charge < -0.3 is 5.32 Å². The van der Waals surface area contributed by atoms with E-state index in [1.807, 2.05) is 6.92 Å². The summed E-state index contributed by atoms with van der Waals surface area (Å²) in [7, 11) is 0. The van der Waals surface area contributed by atoms with E-state index in [-0.39, 0.29) is 0 Å². The highest BCUT2D eigenvalue weighted by Gasteiger charge is 2.03. The summed E-state index contributed by atoms with van der Waals surface area (Å²) >= 11 is 5.12. The molecule has 5 nitrogen and oxygen atoms in total. The number of nitrogens with one attached hydrogen (secondary N) is 2. The van der Waals surface area contributed by atoms with Crippen molar-refractivity contribution in [3.63, 3.8) is 0 Å². The lowest BCUT2D eigenvalue weighted by molar-refractivity contribution is 1.06. The molecule has 0 aliphatic rings. The summed E-state index contributed by atoms with van der Waals surface area (Å²) in [5.41, 5.74) is 3.42. The maximum Gasteiger partial charge on any atom is 0.239 e. The standard InChI is InChI=1S/C10H12BrN5S/c1-6-3-14-10(16-12)15-9(6)13-4-8-2-7(11)5-17-8/h2-3,5H,4,12H2,1H3,(H2,13,14,15,16). The molecule has 0 unspecified atom stereocenters. The van der Waals surface area contributed by atoms with E-state index in [0.29, 0.717) is 5.95 Å². The number of hydrazine groups is 1. The predicted octanol–water partition coefficient (Wildman–Crippen LogP) is 2.51. The van der Waals surface area contributed by atoms with Gasteiger partial charge in [-0.15, -0.1) is 11.3 Å². The summed E-state index contributed by atoms with van der Waals surface area (Å²) in [4.78, 5) is 9.51. The first-order valence-corrected chi connectivity index (χ1v) is 6.63. The number of nitrogen functional groups attached to an aromatic ring is 1. The first-order chi connectivity index (χ1) is 8.19. The molecule has 2 heterocycles. The largest absolute Gasteiger partial charge is 0.365 e. The van der Waals surface area contributed by atoms with E-state index < -0.39 is 0 Å². The van der Waals surface area contributed by atoms with Gasteiger partial charge >= 0.3 is 0 Å². The van der Waals surface area contributed by atoms with E-state index in [0.717, 1.165) is 22.4 Å². The number of halogens is 1. The average molecular weight is 314 g/mol. The zero-order valence-electron chi connectivity index (χ0n) is 9.20. The van der Waals surface area contributed by atoms with E-state index in [2.05, 4.69) is 48.1 Å². The molecule has 0 bridgehead atoms. The van der Waals surface area contributed by atoms with E-state index in [1.54, 1.807) is 17.5 Å². The van der Waals surface area contributed by atoms with Crippen molar-refractivity contribution in [2.45, 2.75) is 13.5 Å². The molecule has 0 saturated heterocycles. The molecular weight excluding hydrogens is 302 g/mol. The zero-order chi connectivity index (χ0) is 12.3. The number of nitrogens with zero attached hydrogens (tertiary/aromatic N) is 2. The molecular formula is C10H12BrN5S. The van der Waals surface area contributed by atoms with Gasteiger partial charge in [-0.2, -0.15) is 4.98 Å². The van der Waals surface area contributed by atoms with Gasteiger partial charge in [-0.25, -0.2) is 10.8 Å². The highest BCUT2D eigenvalue weighted by molar-refractivity contribution is 9.10. The zero-order valence-corrected chi connectivity index (χ0v) is 11.6. The lowest BCUT2D eigenvalue weighted by Crippen LogP contribution is -2.12. The Labute approximate surface area is 112 Å². The Balaban J connectivity index is 2.07. The summed E-state index contributed by atoms with van der Waals surface area (Å²) in [6.07, 6.45) is 1.73. The van der Waals surface area contributed by atoms with E-state index >= 15 is 0 Å². The second-order valence-electron chi connectivity index (χ2n) is 3.45. The van der Waals surface area contributed by atoms with Crippen molar-refractivity contribution in [1.82, 2.24) is 9.97 Å². The summed E-state index contributed by atoms with van der Waals surface area (Å²) < 4.78 is 1.10. The van der Waals surface area contributed by atoms with Crippen molar-refractivity contribution in [2.24, 2.45) is 5.84 Å². The van der Waals surface area contributed by atoms with Gasteiger partial charge in [0, 0.05) is 26.5 Å². The van der Waals surface area contributed by atoms with Gasteiger partial charge in [0.15, 0.2) is 0 Å². The van der Waals surface area contributed by atoms with Crippen LogP contribution >= 0.6 is 27.3 Å². The third-order valence-electron chi connectivity index (χ3n) is 2.15. The van der Waals surface area contributed by atoms with Crippen molar-refractivity contribution < 1.29 is 0 Å². The van der Waals surface area contributed by atoms with Gasteiger partial charge in [-0.1, -0.05) is 0 Å². The van der Waals surface area contributed by atoms with Crippen LogP contribution in [0.4, 0.5) is 11.8 Å². The Morgan fingerprint density at radius 1 is 1.53 bits per heavy atom. The fourth-order valence-electron chi connectivity index (χ4n) is 1.31. The first kappa shape index (κ1) is 12.3. The Morgan fingerprint density at radius 2 is 2.35 bits per heavy atom. The molecule has 0 fully saturated rings. The first-order valence-electron chi connectivity index (χ1n) is 4.96. The van der Waals surface area contributed by atoms with Crippen LogP contribution < -0.4 is 16.6 Å². The highest BCUT2D eigenvalue weighted by Crippen LogP contribution is 2.21. The molecule has 2 aromatic heterocycles. The van der Waals surface area contributed by atoms with Gasteiger partial charge in [0.25, 0.3) is 0 Å². The molecule has 2 rings (SSSR count). The maximum atomic E-state index is 5.27. The monoisotopic (exact) mass is 313 g/mol. The van der Waals surface area contributed by atoms with Crippen LogP contribution in [0.25, 0.3) is 0 Å². The van der Waals surface area contributed by atoms with Crippen LogP contribution in [0.1, 0.15) is 10.4 Å². The van der Waals surface area contributed by atoms with E-state index in [4.69, 9.17) is 5.84 Å². The van der Waals surface area contributed by atoms with Crippen LogP contribution in [-0.4, -0.2) is 9.97 Å². The van der Waals surface area contributed by atoms with Crippen LogP contribution in [0.15, 0.2) is 22.1 Å². The lowest BCUT2D eigenvalue weighted by Gasteiger charge is -2.08. The minimum atomic E-state index is 0.408. The van der Waals surface area contributed by atoms with Crippen molar-refractivity contribution in [3.8, 4) is 0 Å². The Hall–Kier alpha value is -1.18. The number of aromatic nitrogens is 2. The molecule has 0 radical (unpaired) electrons. The fourth-order valence-corrected chi connectivity index (χ4v) is 2.70. The van der Waals surface area contributed by atoms with E-state index in [1.165, 1.54) is 4.88 Å². The maximum absolute atomic E-state index is 5.27. The molecule has 0 spiro atoms. The number of thiophene rings is 1. The third-order valence-corrected chi connectivity index (χ3v) is 3.85. The van der Waals surface area contributed by atoms with Crippen molar-refractivity contribution in [3.05, 3.63) is 32.6 Å². The van der Waals surface area contributed by atoms with Gasteiger partial charge in [0.05, 0.1) is 6.54 Å². The molecule has 0 aromatic carbocycles. The second kappa shape index (κ2) is 5.44. The normalized spacial score (nSPS) is 10.3. The second-order valence-corrected chi connectivity index (χ2v) is 5.37. The van der Waals surface area contributed by atoms with Gasteiger partial charge in [-0.3, -0.25) is 5.43 Å². The third kappa shape index (κ3) is 3.15. The topological polar surface area (TPSA) is 75.9 Å². The number of anilines is 2. The molecule has 0 atom stereocenters. The summed E-state index contributed by atoms with van der Waals surface area (Å²) in [6, 6.07) is 2.08. The number of nitrogens with two attached hydrogens (primary N) is 1. The molecule has 0 aliphatic carbocycles. The molecule has 0 saturated carbocycles. The predicted molar refractivity (Wildman–Crippen MR) is 73.9 cm³/mol. The Kier molecular flexibility index (Phi) is 3.93. The van der Waals surface area contributed by atoms with Crippen LogP contribution in [0.5, 0.6) is 0 Å². The van der Waals surface area contributed by atoms with Crippen LogP contribution in [0.2, 0.25) is 0 Å². The fraction of sp³-hybridized carbons (Fsp3) is 0.200. The molecule has 7 heteroatoms. The Morgan fingerprint density at radius 3 is 3.00 bits per heavy atom. The van der Waals surface area contributed by atoms with Crippen LogP contribution in [0, 0.1) is 6.92 Å². The molecule has 17 heavy (non-hydrogen) atoms. The minimum absolute atomic E-state index is 0.408. The van der Waals surface area contributed by atoms with Crippen molar-refractivity contribution in [1.29, 1.82) is 0 Å². The van der Waals surface area contributed by atoms with E-state index in [9.17, 15) is 0 Å². The highest BCUT2D eigenvalue weighted by atomic mass is 79.9. The summed E-state index contributed by atoms with van der Waals surface area (Å²) in [5.74, 6) is 6.47. The molecule has 0 amide bonds. The van der Waals surface area contributed by atoms with Crippen LogP contribution in [0.3, 0.4) is 0 Å². The summed E-state index contributed by atoms with van der Waals surface area (Å²) in [5, 5.41) is 5.31. The van der Waals surface area contributed by atoms with Crippen molar-refractivity contribution >= 4 is 39.0 Å². The molecule has 2 aromatic rings. The van der Waals surface area contributed by atoms with Gasteiger partial charge in [-0.05, 0) is 28.9 Å². The SMILES string of the molecule is Cc1cnc(NN)nc1NCc1cc(Br)cs1. The lowest BCUT2D eigenvalue weighted by atomic mass is 10.3. The number of hydrogen-bond acceptors (Lipinski definition) is 6. The van der Waals surface area contributed by atoms with Gasteiger partial charge in [0.2, 0.25) is 5.95 Å².